The van der Waals surface area contributed by atoms with Crippen LogP contribution in [-0.2, 0) is 16.8 Å². The second-order valence-corrected chi connectivity index (χ2v) is 7.35. The lowest BCUT2D eigenvalue weighted by molar-refractivity contribution is 0.381. The Morgan fingerprint density at radius 1 is 0.852 bits per heavy atom. The van der Waals surface area contributed by atoms with E-state index >= 15 is 0 Å². The van der Waals surface area contributed by atoms with Gasteiger partial charge in [-0.3, -0.25) is 14.1 Å². The second kappa shape index (κ2) is 9.82. The zero-order valence-electron chi connectivity index (χ0n) is 14.0. The summed E-state index contributed by atoms with van der Waals surface area (Å²) in [6.07, 6.45) is 4.54. The summed E-state index contributed by atoms with van der Waals surface area (Å²) >= 11 is 12.3. The van der Waals surface area contributed by atoms with E-state index in [4.69, 9.17) is 40.7 Å². The first-order valence-electron chi connectivity index (χ1n) is 7.82. The van der Waals surface area contributed by atoms with Crippen LogP contribution in [0.1, 0.15) is 22.6 Å². The van der Waals surface area contributed by atoms with Gasteiger partial charge in [0.05, 0.1) is 10.0 Å². The van der Waals surface area contributed by atoms with Crippen molar-refractivity contribution in [1.29, 1.82) is 0 Å². The summed E-state index contributed by atoms with van der Waals surface area (Å²) in [5.74, 6) is 0.235. The molecule has 0 fully saturated rings. The maximum Gasteiger partial charge on any atom is 0.394 e. The number of benzene rings is 2. The van der Waals surface area contributed by atoms with Crippen molar-refractivity contribution in [2.24, 2.45) is 0 Å². The summed E-state index contributed by atoms with van der Waals surface area (Å²) in [5.41, 5.74) is 3.67. The zero-order valence-corrected chi connectivity index (χ0v) is 16.4. The average molecular weight is 426 g/mol. The monoisotopic (exact) mass is 425 g/mol. The van der Waals surface area contributed by atoms with E-state index in [1.165, 1.54) is 11.1 Å². The van der Waals surface area contributed by atoms with Gasteiger partial charge in [0.15, 0.2) is 0 Å². The number of hydrogen-bond donors (Lipinski definition) is 2. The number of aromatic nitrogens is 1. The van der Waals surface area contributed by atoms with Crippen molar-refractivity contribution >= 4 is 33.6 Å². The van der Waals surface area contributed by atoms with Gasteiger partial charge in [-0.25, -0.2) is 0 Å². The molecule has 3 aromatic rings. The molecule has 142 valence electrons. The summed E-state index contributed by atoms with van der Waals surface area (Å²) < 4.78 is 31.6. The van der Waals surface area contributed by atoms with Crippen molar-refractivity contribution in [3.05, 3.63) is 99.8 Å². The molecule has 0 aliphatic carbocycles. The Balaban J connectivity index is 0.000000465. The Labute approximate surface area is 168 Å². The molecule has 0 amide bonds. The molecule has 1 heterocycles. The number of nitrogens with zero attached hydrogens (tertiary/aromatic N) is 1. The molecule has 0 radical (unpaired) electrons. The van der Waals surface area contributed by atoms with Crippen molar-refractivity contribution in [3.8, 4) is 0 Å². The molecule has 0 saturated carbocycles. The molecule has 0 bridgehead atoms. The fraction of sp³-hybridized carbons (Fsp3) is 0.105. The number of halogens is 2. The Morgan fingerprint density at radius 3 is 2.00 bits per heavy atom. The van der Waals surface area contributed by atoms with Crippen LogP contribution in [0.2, 0.25) is 10.0 Å². The fourth-order valence-corrected chi connectivity index (χ4v) is 2.90. The molecule has 5 nitrogen and oxygen atoms in total. The SMILES string of the molecule is Clc1ccc([C@@H](Cc2ccncc2)c2ccccc2)cc1Cl.O=S(=O)(O)O. The van der Waals surface area contributed by atoms with Crippen LogP contribution in [0.15, 0.2) is 73.1 Å². The standard InChI is InChI=1S/C19H15Cl2N.H2O4S/c20-18-7-6-16(13-19(18)21)17(15-4-2-1-3-5-15)12-14-8-10-22-11-9-14;1-5(2,3)4/h1-11,13,17H,12H2;(H2,1,2,3,4)/t17-;/m0./s1. The summed E-state index contributed by atoms with van der Waals surface area (Å²) in [6, 6.07) is 20.4. The smallest absolute Gasteiger partial charge is 0.265 e. The van der Waals surface area contributed by atoms with E-state index in [9.17, 15) is 0 Å². The van der Waals surface area contributed by atoms with E-state index in [-0.39, 0.29) is 5.92 Å². The lowest BCUT2D eigenvalue weighted by Crippen LogP contribution is -2.05. The van der Waals surface area contributed by atoms with Crippen LogP contribution in [0, 0.1) is 0 Å². The molecule has 0 unspecified atom stereocenters. The second-order valence-electron chi connectivity index (χ2n) is 5.64. The minimum absolute atomic E-state index is 0.235. The lowest BCUT2D eigenvalue weighted by atomic mass is 9.86. The van der Waals surface area contributed by atoms with Gasteiger partial charge in [0.1, 0.15) is 0 Å². The van der Waals surface area contributed by atoms with Crippen LogP contribution in [-0.4, -0.2) is 22.5 Å². The van der Waals surface area contributed by atoms with Gasteiger partial charge >= 0.3 is 10.4 Å². The molecule has 0 saturated heterocycles. The van der Waals surface area contributed by atoms with Crippen molar-refractivity contribution < 1.29 is 17.5 Å². The molecule has 0 aliphatic rings. The third-order valence-corrected chi connectivity index (χ3v) is 4.48. The van der Waals surface area contributed by atoms with E-state index < -0.39 is 10.4 Å². The minimum atomic E-state index is -4.67. The lowest BCUT2D eigenvalue weighted by Gasteiger charge is -2.19. The van der Waals surface area contributed by atoms with Crippen LogP contribution < -0.4 is 0 Å². The van der Waals surface area contributed by atoms with Crippen LogP contribution in [0.3, 0.4) is 0 Å². The molecule has 2 aromatic carbocycles. The first kappa shape index (κ1) is 21.3. The normalized spacial score (nSPS) is 12.0. The minimum Gasteiger partial charge on any atom is -0.265 e. The van der Waals surface area contributed by atoms with E-state index in [0.717, 1.165) is 12.0 Å². The quantitative estimate of drug-likeness (QED) is 0.566. The molecule has 0 spiro atoms. The van der Waals surface area contributed by atoms with Gasteiger partial charge in [-0.15, -0.1) is 0 Å². The summed E-state index contributed by atoms with van der Waals surface area (Å²) in [5, 5.41) is 1.18. The van der Waals surface area contributed by atoms with E-state index in [0.29, 0.717) is 10.0 Å². The molecule has 2 N–H and O–H groups in total. The fourth-order valence-electron chi connectivity index (χ4n) is 2.60. The molecule has 8 heteroatoms. The van der Waals surface area contributed by atoms with Gasteiger partial charge < -0.3 is 0 Å². The van der Waals surface area contributed by atoms with Crippen molar-refractivity contribution in [1.82, 2.24) is 4.98 Å². The highest BCUT2D eigenvalue weighted by Gasteiger charge is 2.16. The maximum absolute atomic E-state index is 8.74. The Kier molecular flexibility index (Phi) is 7.77. The molecule has 3 rings (SSSR count). The highest BCUT2D eigenvalue weighted by Crippen LogP contribution is 2.32. The van der Waals surface area contributed by atoms with Crippen LogP contribution in [0.25, 0.3) is 0 Å². The molecule has 0 aliphatic heterocycles. The predicted octanol–water partition coefficient (Wildman–Crippen LogP) is 5.11. The number of pyridine rings is 1. The highest BCUT2D eigenvalue weighted by molar-refractivity contribution is 7.79. The van der Waals surface area contributed by atoms with E-state index in [2.05, 4.69) is 29.2 Å². The third kappa shape index (κ3) is 7.66. The number of rotatable bonds is 4. The Morgan fingerprint density at radius 2 is 1.44 bits per heavy atom. The Hall–Kier alpha value is -1.96. The van der Waals surface area contributed by atoms with Crippen LogP contribution in [0.5, 0.6) is 0 Å². The van der Waals surface area contributed by atoms with Crippen LogP contribution in [0.4, 0.5) is 0 Å². The average Bonchev–Trinajstić information content (AvgIpc) is 2.62. The molecule has 27 heavy (non-hydrogen) atoms. The molecular formula is C19H17Cl2NO4S. The Bertz CT molecular complexity index is 960. The van der Waals surface area contributed by atoms with Crippen molar-refractivity contribution in [3.63, 3.8) is 0 Å². The zero-order chi connectivity index (χ0) is 19.9. The molecular weight excluding hydrogens is 409 g/mol. The van der Waals surface area contributed by atoms with Gasteiger partial charge in [0.2, 0.25) is 0 Å². The molecule has 1 atom stereocenters. The largest absolute Gasteiger partial charge is 0.394 e. The first-order chi connectivity index (χ1) is 12.7. The topological polar surface area (TPSA) is 87.5 Å². The van der Waals surface area contributed by atoms with Crippen molar-refractivity contribution in [2.45, 2.75) is 12.3 Å². The maximum atomic E-state index is 8.74. The highest BCUT2D eigenvalue weighted by atomic mass is 35.5. The number of hydrogen-bond acceptors (Lipinski definition) is 3. The van der Waals surface area contributed by atoms with Gasteiger partial charge in [-0.2, -0.15) is 8.42 Å². The van der Waals surface area contributed by atoms with Gasteiger partial charge in [0, 0.05) is 18.3 Å². The van der Waals surface area contributed by atoms with E-state index in [1.54, 1.807) is 0 Å². The summed E-state index contributed by atoms with van der Waals surface area (Å²) in [4.78, 5) is 4.09. The van der Waals surface area contributed by atoms with Gasteiger partial charge in [0.25, 0.3) is 0 Å². The van der Waals surface area contributed by atoms with Gasteiger partial charge in [-0.05, 0) is 47.4 Å². The first-order valence-corrected chi connectivity index (χ1v) is 9.98. The summed E-state index contributed by atoms with van der Waals surface area (Å²) in [6.45, 7) is 0. The predicted molar refractivity (Wildman–Crippen MR) is 107 cm³/mol. The van der Waals surface area contributed by atoms with Gasteiger partial charge in [-0.1, -0.05) is 59.6 Å². The summed E-state index contributed by atoms with van der Waals surface area (Å²) in [7, 11) is -4.67. The molecule has 1 aromatic heterocycles. The van der Waals surface area contributed by atoms with E-state index in [1.807, 2.05) is 48.8 Å². The third-order valence-electron chi connectivity index (χ3n) is 3.74. The van der Waals surface area contributed by atoms with Crippen LogP contribution >= 0.6 is 23.2 Å². The van der Waals surface area contributed by atoms with Crippen molar-refractivity contribution in [2.75, 3.05) is 0 Å².